The molecule has 0 radical (unpaired) electrons. The first-order valence-corrected chi connectivity index (χ1v) is 21.3. The Balaban J connectivity index is 1.47. The van der Waals surface area contributed by atoms with Crippen molar-refractivity contribution < 1.29 is 42.6 Å². The molecular formula is C45H67F2N5O7. The molecule has 12 nitrogen and oxygen atoms in total. The summed E-state index contributed by atoms with van der Waals surface area (Å²) < 4.78 is 33.5. The van der Waals surface area contributed by atoms with Gasteiger partial charge in [-0.15, -0.1) is 0 Å². The fraction of sp³-hybridized carbons (Fsp3) is 0.622. The molecule has 1 heterocycles. The maximum absolute atomic E-state index is 14.1. The van der Waals surface area contributed by atoms with Gasteiger partial charge in [0.15, 0.2) is 0 Å². The van der Waals surface area contributed by atoms with Crippen LogP contribution in [0.25, 0.3) is 0 Å². The van der Waals surface area contributed by atoms with Crippen LogP contribution in [0.4, 0.5) is 13.6 Å². The average Bonchev–Trinajstić information content (AvgIpc) is 3.16. The zero-order valence-electron chi connectivity index (χ0n) is 36.0. The number of amides is 5. The van der Waals surface area contributed by atoms with E-state index < -0.39 is 41.4 Å². The number of rotatable bonds is 22. The van der Waals surface area contributed by atoms with Crippen molar-refractivity contribution in [2.75, 3.05) is 39.3 Å². The maximum Gasteiger partial charge on any atom is 0.407 e. The van der Waals surface area contributed by atoms with E-state index in [1.165, 1.54) is 6.07 Å². The van der Waals surface area contributed by atoms with Gasteiger partial charge in [-0.25, -0.2) is 13.6 Å². The van der Waals surface area contributed by atoms with Gasteiger partial charge in [0.2, 0.25) is 11.8 Å². The van der Waals surface area contributed by atoms with Gasteiger partial charge in [0.1, 0.15) is 17.2 Å². The monoisotopic (exact) mass is 828 g/mol. The number of halogens is 2. The Hall–Kier alpha value is -4.59. The first-order chi connectivity index (χ1) is 28.0. The second-order valence-corrected chi connectivity index (χ2v) is 16.7. The van der Waals surface area contributed by atoms with E-state index in [1.54, 1.807) is 24.0 Å². The van der Waals surface area contributed by atoms with Crippen molar-refractivity contribution in [2.45, 2.75) is 136 Å². The number of hydrogen-bond acceptors (Lipinski definition) is 7. The van der Waals surface area contributed by atoms with Crippen molar-refractivity contribution in [3.8, 4) is 0 Å². The number of unbranched alkanes of at least 4 members (excludes halogenated alkanes) is 2. The van der Waals surface area contributed by atoms with E-state index in [4.69, 9.17) is 4.74 Å². The molecule has 3 rings (SSSR count). The Morgan fingerprint density at radius 3 is 2.14 bits per heavy atom. The third-order valence-electron chi connectivity index (χ3n) is 10.3. The summed E-state index contributed by atoms with van der Waals surface area (Å²) in [6, 6.07) is 6.97. The highest BCUT2D eigenvalue weighted by Crippen LogP contribution is 2.23. The minimum atomic E-state index is -1.18. The minimum absolute atomic E-state index is 0.0653. The van der Waals surface area contributed by atoms with Crippen molar-refractivity contribution in [3.63, 3.8) is 0 Å². The Kier molecular flexibility index (Phi) is 20.2. The Bertz CT molecular complexity index is 1670. The first-order valence-electron chi connectivity index (χ1n) is 21.3. The number of nitrogens with one attached hydrogen (secondary N) is 3. The van der Waals surface area contributed by atoms with Crippen molar-refractivity contribution in [2.24, 2.45) is 5.92 Å². The largest absolute Gasteiger partial charge is 0.444 e. The Labute approximate surface area is 349 Å². The summed E-state index contributed by atoms with van der Waals surface area (Å²) in [6.07, 6.45) is 5.30. The van der Waals surface area contributed by atoms with Crippen LogP contribution in [0.1, 0.15) is 137 Å². The summed E-state index contributed by atoms with van der Waals surface area (Å²) in [5, 5.41) is 19.7. The number of benzene rings is 2. The first kappa shape index (κ1) is 48.8. The molecule has 0 aliphatic carbocycles. The molecule has 14 heteroatoms. The lowest BCUT2D eigenvalue weighted by molar-refractivity contribution is -0.133. The molecule has 0 aromatic heterocycles. The minimum Gasteiger partial charge on any atom is -0.444 e. The molecule has 0 bridgehead atoms. The molecule has 4 N–H and O–H groups in total. The second-order valence-electron chi connectivity index (χ2n) is 16.7. The predicted molar refractivity (Wildman–Crippen MR) is 224 cm³/mol. The number of ether oxygens (including phenoxy) is 1. The number of likely N-dealkylation sites (tertiary alicyclic amines) is 1. The standard InChI is InChI=1S/C45H67F2N5O7/c1-7-20-52(21-8-2)43(57)35-25-31(3)24-34(29-35)42(56)50-38(28-33-26-36(46)30-37(47)27-33)39(53)15-19-48-40(54)14-13-32-16-22-51(23-17-32)41(55)12-10-9-11-18-49-44(58)59-45(4,5)6/h24-27,29-30,32,38-39,53H,7-23,28H2,1-6H3,(H,48,54)(H,49,58)(H,50,56)/t38-,39+/m1/s1. The molecule has 0 spiro atoms. The number of piperidine rings is 1. The van der Waals surface area contributed by atoms with E-state index in [-0.39, 0.29) is 54.7 Å². The molecule has 5 amide bonds. The number of aryl methyl sites for hydroxylation is 1. The van der Waals surface area contributed by atoms with Gasteiger partial charge >= 0.3 is 6.09 Å². The van der Waals surface area contributed by atoms with Crippen molar-refractivity contribution in [3.05, 3.63) is 70.3 Å². The molecular weight excluding hydrogens is 761 g/mol. The van der Waals surface area contributed by atoms with Crippen LogP contribution < -0.4 is 16.0 Å². The van der Waals surface area contributed by atoms with Crippen molar-refractivity contribution in [1.29, 1.82) is 0 Å². The summed E-state index contributed by atoms with van der Waals surface area (Å²) in [4.78, 5) is 67.9. The quantitative estimate of drug-likeness (QED) is 0.0947. The molecule has 328 valence electrons. The van der Waals surface area contributed by atoms with E-state index in [0.29, 0.717) is 62.6 Å². The molecule has 1 aliphatic rings. The van der Waals surface area contributed by atoms with Gasteiger partial charge in [-0.1, -0.05) is 20.3 Å². The second kappa shape index (κ2) is 24.5. The van der Waals surface area contributed by atoms with Crippen LogP contribution >= 0.6 is 0 Å². The van der Waals surface area contributed by atoms with Gasteiger partial charge in [-0.2, -0.15) is 0 Å². The van der Waals surface area contributed by atoms with E-state index in [2.05, 4.69) is 16.0 Å². The number of alkyl carbamates (subject to hydrolysis) is 1. The van der Waals surface area contributed by atoms with Crippen LogP contribution in [0.15, 0.2) is 36.4 Å². The van der Waals surface area contributed by atoms with E-state index in [9.17, 15) is 37.9 Å². The number of hydrogen-bond donors (Lipinski definition) is 4. The maximum atomic E-state index is 14.1. The number of carbonyl (C=O) groups is 5. The number of aliphatic hydroxyl groups is 1. The van der Waals surface area contributed by atoms with Gasteiger partial charge in [0, 0.05) is 69.3 Å². The molecule has 0 unspecified atom stereocenters. The van der Waals surface area contributed by atoms with Crippen LogP contribution in [0, 0.1) is 24.5 Å². The van der Waals surface area contributed by atoms with Gasteiger partial charge in [0.05, 0.1) is 12.1 Å². The fourth-order valence-corrected chi connectivity index (χ4v) is 7.29. The van der Waals surface area contributed by atoms with Gasteiger partial charge in [0.25, 0.3) is 11.8 Å². The molecule has 2 aromatic rings. The lowest BCUT2D eigenvalue weighted by Crippen LogP contribution is -2.46. The summed E-state index contributed by atoms with van der Waals surface area (Å²) in [7, 11) is 0. The third-order valence-corrected chi connectivity index (χ3v) is 10.3. The van der Waals surface area contributed by atoms with Crippen LogP contribution in [0.3, 0.4) is 0 Å². The van der Waals surface area contributed by atoms with E-state index in [0.717, 1.165) is 63.1 Å². The van der Waals surface area contributed by atoms with E-state index in [1.807, 2.05) is 39.5 Å². The SMILES string of the molecule is CCCN(CCC)C(=O)c1cc(C)cc(C(=O)N[C@H](Cc2cc(F)cc(F)c2)[C@@H](O)CCNC(=O)CCC2CCN(C(=O)CCCCCNC(=O)OC(C)(C)C)CC2)c1. The predicted octanol–water partition coefficient (Wildman–Crippen LogP) is 6.85. The van der Waals surface area contributed by atoms with E-state index >= 15 is 0 Å². The van der Waals surface area contributed by atoms with Gasteiger partial charge < -0.3 is 35.6 Å². The van der Waals surface area contributed by atoms with Crippen LogP contribution in [0.2, 0.25) is 0 Å². The molecule has 0 saturated carbocycles. The normalized spacial score (nSPS) is 14.3. The summed E-state index contributed by atoms with van der Waals surface area (Å²) >= 11 is 0. The zero-order chi connectivity index (χ0) is 43.5. The molecule has 2 aromatic carbocycles. The fourth-order valence-electron chi connectivity index (χ4n) is 7.29. The van der Waals surface area contributed by atoms with Gasteiger partial charge in [-0.05, 0) is 133 Å². The Morgan fingerprint density at radius 1 is 0.864 bits per heavy atom. The van der Waals surface area contributed by atoms with Crippen LogP contribution in [-0.2, 0) is 20.7 Å². The number of nitrogens with zero attached hydrogens (tertiary/aromatic N) is 2. The van der Waals surface area contributed by atoms with Gasteiger partial charge in [-0.3, -0.25) is 19.2 Å². The summed E-state index contributed by atoms with van der Waals surface area (Å²) in [5.74, 6) is -2.05. The average molecular weight is 828 g/mol. The highest BCUT2D eigenvalue weighted by Gasteiger charge is 2.26. The molecule has 1 fully saturated rings. The smallest absolute Gasteiger partial charge is 0.407 e. The third kappa shape index (κ3) is 18.1. The van der Waals surface area contributed by atoms with Crippen LogP contribution in [0.5, 0.6) is 0 Å². The van der Waals surface area contributed by atoms with Crippen molar-refractivity contribution >= 4 is 29.7 Å². The number of carbonyl (C=O) groups excluding carboxylic acids is 5. The van der Waals surface area contributed by atoms with Crippen LogP contribution in [-0.4, -0.2) is 102 Å². The zero-order valence-corrected chi connectivity index (χ0v) is 36.0. The summed E-state index contributed by atoms with van der Waals surface area (Å²) in [6.45, 7) is 14.3. The topological polar surface area (TPSA) is 157 Å². The van der Waals surface area contributed by atoms with Crippen molar-refractivity contribution in [1.82, 2.24) is 25.8 Å². The highest BCUT2D eigenvalue weighted by atomic mass is 19.1. The molecule has 59 heavy (non-hydrogen) atoms. The molecule has 1 saturated heterocycles. The Morgan fingerprint density at radius 2 is 1.51 bits per heavy atom. The summed E-state index contributed by atoms with van der Waals surface area (Å²) in [5.41, 5.74) is 0.989. The molecule has 1 aliphatic heterocycles. The lowest BCUT2D eigenvalue weighted by atomic mass is 9.91. The highest BCUT2D eigenvalue weighted by molar-refractivity contribution is 6.00. The molecule has 2 atom stereocenters. The lowest BCUT2D eigenvalue weighted by Gasteiger charge is -2.32. The number of aliphatic hydroxyl groups excluding tert-OH is 1.